The molecule has 4 heteroatoms. The van der Waals surface area contributed by atoms with Crippen LogP contribution in [-0.4, -0.2) is 33.3 Å². The lowest BCUT2D eigenvalue weighted by Gasteiger charge is -2.19. The van der Waals surface area contributed by atoms with E-state index >= 15 is 0 Å². The molecule has 1 saturated heterocycles. The SMILES string of the molecule is COc1cccc(N2CCC(CNCC=Cc3ccco3)C2)c1. The first-order chi connectivity index (χ1) is 11.3. The van der Waals surface area contributed by atoms with Crippen molar-refractivity contribution < 1.29 is 9.15 Å². The smallest absolute Gasteiger partial charge is 0.126 e. The minimum absolute atomic E-state index is 0.693. The highest BCUT2D eigenvalue weighted by Crippen LogP contribution is 2.26. The standard InChI is InChI=1S/C19H24N2O2/c1-22-19-6-2-5-17(13-19)21-11-9-16(15-21)14-20-10-3-7-18-8-4-12-23-18/h2-8,12-13,16,20H,9-11,14-15H2,1H3. The Morgan fingerprint density at radius 3 is 3.13 bits per heavy atom. The minimum Gasteiger partial charge on any atom is -0.497 e. The highest BCUT2D eigenvalue weighted by Gasteiger charge is 2.22. The van der Waals surface area contributed by atoms with Crippen LogP contribution in [0.3, 0.4) is 0 Å². The molecule has 0 aliphatic carbocycles. The van der Waals surface area contributed by atoms with Crippen LogP contribution in [0.4, 0.5) is 5.69 Å². The van der Waals surface area contributed by atoms with Crippen LogP contribution in [0.15, 0.2) is 53.2 Å². The molecule has 0 radical (unpaired) electrons. The maximum Gasteiger partial charge on any atom is 0.126 e. The zero-order chi connectivity index (χ0) is 15.9. The van der Waals surface area contributed by atoms with Crippen LogP contribution in [0.1, 0.15) is 12.2 Å². The Morgan fingerprint density at radius 2 is 2.30 bits per heavy atom. The van der Waals surface area contributed by atoms with Gasteiger partial charge in [-0.05, 0) is 42.7 Å². The highest BCUT2D eigenvalue weighted by atomic mass is 16.5. The number of methoxy groups -OCH3 is 1. The van der Waals surface area contributed by atoms with Gasteiger partial charge in [0.15, 0.2) is 0 Å². The van der Waals surface area contributed by atoms with Crippen LogP contribution in [0.2, 0.25) is 0 Å². The van der Waals surface area contributed by atoms with E-state index in [-0.39, 0.29) is 0 Å². The summed E-state index contributed by atoms with van der Waals surface area (Å²) in [6.07, 6.45) is 7.03. The molecule has 3 rings (SSSR count). The molecule has 1 aliphatic heterocycles. The molecule has 1 N–H and O–H groups in total. The average Bonchev–Trinajstić information content (AvgIpc) is 3.26. The van der Waals surface area contributed by atoms with Crippen molar-refractivity contribution in [2.24, 2.45) is 5.92 Å². The molecule has 1 aromatic carbocycles. The third-order valence-electron chi connectivity index (χ3n) is 4.22. The summed E-state index contributed by atoms with van der Waals surface area (Å²) in [7, 11) is 1.71. The molecule has 1 aliphatic rings. The number of anilines is 1. The van der Waals surface area contributed by atoms with E-state index in [9.17, 15) is 0 Å². The van der Waals surface area contributed by atoms with Crippen molar-refractivity contribution in [1.29, 1.82) is 0 Å². The van der Waals surface area contributed by atoms with E-state index in [1.807, 2.05) is 24.3 Å². The molecule has 0 bridgehead atoms. The van der Waals surface area contributed by atoms with Gasteiger partial charge in [-0.1, -0.05) is 12.1 Å². The van der Waals surface area contributed by atoms with Crippen LogP contribution < -0.4 is 15.0 Å². The second kappa shape index (κ2) is 7.88. The second-order valence-corrected chi connectivity index (χ2v) is 5.88. The number of nitrogens with one attached hydrogen (secondary N) is 1. The lowest BCUT2D eigenvalue weighted by molar-refractivity contribution is 0.415. The van der Waals surface area contributed by atoms with Crippen molar-refractivity contribution in [2.45, 2.75) is 6.42 Å². The van der Waals surface area contributed by atoms with Gasteiger partial charge in [-0.3, -0.25) is 0 Å². The van der Waals surface area contributed by atoms with Gasteiger partial charge in [0.05, 0.1) is 13.4 Å². The summed E-state index contributed by atoms with van der Waals surface area (Å²) in [6, 6.07) is 12.2. The van der Waals surface area contributed by atoms with Crippen molar-refractivity contribution in [3.8, 4) is 5.75 Å². The summed E-state index contributed by atoms with van der Waals surface area (Å²) in [6.45, 7) is 4.13. The molecule has 2 heterocycles. The third kappa shape index (κ3) is 4.39. The van der Waals surface area contributed by atoms with Crippen molar-refractivity contribution in [2.75, 3.05) is 38.2 Å². The predicted molar refractivity (Wildman–Crippen MR) is 93.9 cm³/mol. The summed E-state index contributed by atoms with van der Waals surface area (Å²) < 4.78 is 10.6. The Morgan fingerprint density at radius 1 is 1.35 bits per heavy atom. The van der Waals surface area contributed by atoms with Crippen LogP contribution in [0, 0.1) is 5.92 Å². The molecule has 1 aromatic heterocycles. The molecule has 1 unspecified atom stereocenters. The molecule has 1 atom stereocenters. The van der Waals surface area contributed by atoms with Gasteiger partial charge in [0.1, 0.15) is 11.5 Å². The third-order valence-corrected chi connectivity index (χ3v) is 4.22. The number of furan rings is 1. The van der Waals surface area contributed by atoms with Crippen molar-refractivity contribution in [1.82, 2.24) is 5.32 Å². The van der Waals surface area contributed by atoms with Gasteiger partial charge in [0.2, 0.25) is 0 Å². The summed E-state index contributed by atoms with van der Waals surface area (Å²) in [5.74, 6) is 2.52. The Balaban J connectivity index is 1.41. The van der Waals surface area contributed by atoms with E-state index in [0.29, 0.717) is 5.92 Å². The average molecular weight is 312 g/mol. The zero-order valence-corrected chi connectivity index (χ0v) is 13.6. The molecule has 0 spiro atoms. The monoisotopic (exact) mass is 312 g/mol. The molecule has 23 heavy (non-hydrogen) atoms. The lowest BCUT2D eigenvalue weighted by atomic mass is 10.1. The summed E-state index contributed by atoms with van der Waals surface area (Å²) >= 11 is 0. The predicted octanol–water partition coefficient (Wildman–Crippen LogP) is 3.42. The van der Waals surface area contributed by atoms with E-state index in [4.69, 9.17) is 9.15 Å². The fraction of sp³-hybridized carbons (Fsp3) is 0.368. The van der Waals surface area contributed by atoms with Crippen LogP contribution in [0.5, 0.6) is 5.75 Å². The minimum atomic E-state index is 0.693. The Kier molecular flexibility index (Phi) is 5.37. The summed E-state index contributed by atoms with van der Waals surface area (Å²) in [5, 5.41) is 3.50. The van der Waals surface area contributed by atoms with Gasteiger partial charge >= 0.3 is 0 Å². The Hall–Kier alpha value is -2.20. The van der Waals surface area contributed by atoms with Crippen molar-refractivity contribution >= 4 is 11.8 Å². The molecule has 122 valence electrons. The largest absolute Gasteiger partial charge is 0.497 e. The van der Waals surface area contributed by atoms with Crippen LogP contribution in [0.25, 0.3) is 6.08 Å². The van der Waals surface area contributed by atoms with Gasteiger partial charge in [-0.25, -0.2) is 0 Å². The van der Waals surface area contributed by atoms with Gasteiger partial charge in [-0.15, -0.1) is 0 Å². The first-order valence-electron chi connectivity index (χ1n) is 8.15. The van der Waals surface area contributed by atoms with Gasteiger partial charge < -0.3 is 19.4 Å². The number of rotatable bonds is 7. The van der Waals surface area contributed by atoms with Gasteiger partial charge in [-0.2, -0.15) is 0 Å². The zero-order valence-electron chi connectivity index (χ0n) is 13.6. The fourth-order valence-corrected chi connectivity index (χ4v) is 2.97. The van der Waals surface area contributed by atoms with E-state index < -0.39 is 0 Å². The molecule has 4 nitrogen and oxygen atoms in total. The lowest BCUT2D eigenvalue weighted by Crippen LogP contribution is -2.26. The molecule has 1 fully saturated rings. The number of ether oxygens (including phenoxy) is 1. The molecule has 0 saturated carbocycles. The summed E-state index contributed by atoms with van der Waals surface area (Å²) in [4.78, 5) is 2.44. The van der Waals surface area contributed by atoms with Gasteiger partial charge in [0, 0.05) is 37.9 Å². The maximum absolute atomic E-state index is 5.31. The van der Waals surface area contributed by atoms with Crippen LogP contribution >= 0.6 is 0 Å². The Bertz CT molecular complexity index is 622. The molecule has 2 aromatic rings. The number of nitrogens with zero attached hydrogens (tertiary/aromatic N) is 1. The van der Waals surface area contributed by atoms with E-state index in [2.05, 4.69) is 34.5 Å². The van der Waals surface area contributed by atoms with Crippen molar-refractivity contribution in [3.05, 3.63) is 54.5 Å². The van der Waals surface area contributed by atoms with E-state index in [1.165, 1.54) is 12.1 Å². The Labute approximate surface area is 137 Å². The first kappa shape index (κ1) is 15.7. The normalized spacial score (nSPS) is 18.0. The molecular weight excluding hydrogens is 288 g/mol. The second-order valence-electron chi connectivity index (χ2n) is 5.88. The summed E-state index contributed by atoms with van der Waals surface area (Å²) in [5.41, 5.74) is 1.25. The quantitative estimate of drug-likeness (QED) is 0.795. The van der Waals surface area contributed by atoms with Crippen LogP contribution in [-0.2, 0) is 0 Å². The fourth-order valence-electron chi connectivity index (χ4n) is 2.97. The number of hydrogen-bond acceptors (Lipinski definition) is 4. The number of hydrogen-bond donors (Lipinski definition) is 1. The molecule has 0 amide bonds. The maximum atomic E-state index is 5.31. The molecular formula is C19H24N2O2. The van der Waals surface area contributed by atoms with E-state index in [1.54, 1.807) is 13.4 Å². The first-order valence-corrected chi connectivity index (χ1v) is 8.15. The van der Waals surface area contributed by atoms with Gasteiger partial charge in [0.25, 0.3) is 0 Å². The highest BCUT2D eigenvalue weighted by molar-refractivity contribution is 5.51. The number of benzene rings is 1. The topological polar surface area (TPSA) is 37.6 Å². The van der Waals surface area contributed by atoms with Crippen molar-refractivity contribution in [3.63, 3.8) is 0 Å². The van der Waals surface area contributed by atoms with E-state index in [0.717, 1.165) is 37.7 Å².